The number of ether oxygens (including phenoxy) is 1. The molecule has 1 saturated heterocycles. The van der Waals surface area contributed by atoms with Gasteiger partial charge in [0.25, 0.3) is 5.91 Å². The smallest absolute Gasteiger partial charge is 0.315 e. The van der Waals surface area contributed by atoms with E-state index in [1.807, 2.05) is 41.8 Å². The summed E-state index contributed by atoms with van der Waals surface area (Å²) in [5, 5.41) is 20.4. The van der Waals surface area contributed by atoms with Gasteiger partial charge in [-0.1, -0.05) is 25.0 Å². The summed E-state index contributed by atoms with van der Waals surface area (Å²) in [5.41, 5.74) is 0.381. The minimum absolute atomic E-state index is 0.0476. The number of amides is 5. The van der Waals surface area contributed by atoms with Crippen molar-refractivity contribution < 1.29 is 32.3 Å². The van der Waals surface area contributed by atoms with E-state index in [0.29, 0.717) is 54.2 Å². The Balaban J connectivity index is 1.13. The predicted molar refractivity (Wildman–Crippen MR) is 202 cm³/mol. The summed E-state index contributed by atoms with van der Waals surface area (Å²) in [6.45, 7) is 0.0476. The summed E-state index contributed by atoms with van der Waals surface area (Å²) in [4.78, 5) is 63.4. The number of sulfonamides is 1. The molecule has 1 aromatic carbocycles. The molecule has 0 bridgehead atoms. The molecule has 2 aliphatic heterocycles. The first-order valence-corrected chi connectivity index (χ1v) is 21.4. The number of rotatable bonds is 9. The minimum Gasteiger partial charge on any atom is -0.497 e. The van der Waals surface area contributed by atoms with Crippen LogP contribution in [0.25, 0.3) is 22.0 Å². The van der Waals surface area contributed by atoms with Crippen molar-refractivity contribution >= 4 is 45.1 Å². The topological polar surface area (TPSA) is 207 Å². The van der Waals surface area contributed by atoms with E-state index in [2.05, 4.69) is 25.7 Å². The van der Waals surface area contributed by atoms with Gasteiger partial charge < -0.3 is 25.6 Å². The Labute approximate surface area is 322 Å². The molecular weight excluding hydrogens is 747 g/mol. The maximum Gasteiger partial charge on any atom is 0.315 e. The molecule has 5 aliphatic rings. The highest BCUT2D eigenvalue weighted by Gasteiger charge is 2.62. The zero-order chi connectivity index (χ0) is 38.3. The van der Waals surface area contributed by atoms with Gasteiger partial charge in [0.2, 0.25) is 21.8 Å². The lowest BCUT2D eigenvalue weighted by molar-refractivity contribution is -0.141. The molecule has 292 valence electrons. The second-order valence-corrected chi connectivity index (χ2v) is 18.0. The molecule has 4 heterocycles. The SMILES string of the molecule is COc1ccc(-c2nn([C@@H]3C[C@H]4C(=O)N[C@]5(C(=O)NS(=O)(=O)C6CC6)C[C@H]5/C=C/CCCCC[C@@H](NC(=O)NC5CC5)C(=O)N4C3)nc2-c2nccs2)cc1. The van der Waals surface area contributed by atoms with E-state index in [0.717, 1.165) is 31.2 Å². The average molecular weight is 792 g/mol. The van der Waals surface area contributed by atoms with E-state index in [1.54, 1.807) is 13.3 Å². The third-order valence-electron chi connectivity index (χ3n) is 11.0. The first-order chi connectivity index (χ1) is 26.5. The van der Waals surface area contributed by atoms with E-state index in [-0.39, 0.29) is 25.4 Å². The Morgan fingerprint density at radius 2 is 1.78 bits per heavy atom. The highest BCUT2D eigenvalue weighted by Crippen LogP contribution is 2.46. The van der Waals surface area contributed by atoms with Gasteiger partial charge in [0.05, 0.1) is 18.4 Å². The number of urea groups is 1. The molecule has 3 aliphatic carbocycles. The summed E-state index contributed by atoms with van der Waals surface area (Å²) >= 11 is 1.41. The standard InChI is InChI=1S/C37H45N9O7S2/c1-53-26-13-9-22(10-14-26)30-31(33-38-17-18-54-33)43-46(42-30)25-19-29-32(47)41-37(35(49)44-55(51,52)27-15-16-27)20-23(37)7-5-3-2-4-6-8-28(34(48)45(29)21-25)40-36(50)39-24-11-12-24/h5,7,9-10,13-14,17-18,23-25,27-29H,2-4,6,8,11-12,15-16,19-21H2,1H3,(H,41,47)(H,44,49)(H2,39,40,50)/b7-5+/t23-,25-,28-,29+,37-/m1/s1. The van der Waals surface area contributed by atoms with Crippen molar-refractivity contribution in [3.05, 3.63) is 48.0 Å². The van der Waals surface area contributed by atoms with Crippen LogP contribution in [0.15, 0.2) is 48.0 Å². The first kappa shape index (κ1) is 37.1. The van der Waals surface area contributed by atoms with Crippen molar-refractivity contribution in [3.63, 3.8) is 0 Å². The van der Waals surface area contributed by atoms with Gasteiger partial charge in [0, 0.05) is 42.1 Å². The fourth-order valence-electron chi connectivity index (χ4n) is 7.47. The summed E-state index contributed by atoms with van der Waals surface area (Å²) in [7, 11) is -2.30. The second kappa shape index (κ2) is 15.0. The molecule has 4 fully saturated rings. The van der Waals surface area contributed by atoms with Crippen LogP contribution in [0.2, 0.25) is 0 Å². The normalized spacial score (nSPS) is 27.8. The number of carbonyl (C=O) groups excluding carboxylic acids is 4. The first-order valence-electron chi connectivity index (χ1n) is 19.0. The number of hydrogen-bond donors (Lipinski definition) is 4. The van der Waals surface area contributed by atoms with Gasteiger partial charge in [-0.15, -0.1) is 16.4 Å². The highest BCUT2D eigenvalue weighted by molar-refractivity contribution is 7.91. The van der Waals surface area contributed by atoms with Crippen LogP contribution in [0.5, 0.6) is 5.75 Å². The Morgan fingerprint density at radius 1 is 1.00 bits per heavy atom. The van der Waals surface area contributed by atoms with Crippen LogP contribution in [0.3, 0.4) is 0 Å². The molecule has 3 saturated carbocycles. The maximum absolute atomic E-state index is 14.6. The Morgan fingerprint density at radius 3 is 2.49 bits per heavy atom. The molecule has 8 rings (SSSR count). The Hall–Kier alpha value is -4.84. The van der Waals surface area contributed by atoms with E-state index in [9.17, 15) is 27.6 Å². The number of nitrogens with zero attached hydrogens (tertiary/aromatic N) is 5. The summed E-state index contributed by atoms with van der Waals surface area (Å²) in [6.07, 6.45) is 11.9. The fraction of sp³-hybridized carbons (Fsp3) is 0.541. The van der Waals surface area contributed by atoms with Crippen LogP contribution in [-0.4, -0.2) is 99.6 Å². The fourth-order valence-corrected chi connectivity index (χ4v) is 9.46. The third kappa shape index (κ3) is 7.97. The van der Waals surface area contributed by atoms with Crippen LogP contribution in [0.1, 0.15) is 76.7 Å². The molecule has 0 spiro atoms. The lowest BCUT2D eigenvalue weighted by Crippen LogP contribution is -2.58. The molecule has 0 radical (unpaired) electrons. The molecule has 3 aromatic rings. The summed E-state index contributed by atoms with van der Waals surface area (Å²) in [5.74, 6) is -1.54. The van der Waals surface area contributed by atoms with Gasteiger partial charge in [-0.25, -0.2) is 18.2 Å². The number of methoxy groups -OCH3 is 1. The van der Waals surface area contributed by atoms with E-state index in [1.165, 1.54) is 21.0 Å². The monoisotopic (exact) mass is 791 g/mol. The van der Waals surface area contributed by atoms with Gasteiger partial charge in [-0.05, 0) is 75.6 Å². The zero-order valence-electron chi connectivity index (χ0n) is 30.5. The van der Waals surface area contributed by atoms with Gasteiger partial charge in [-0.2, -0.15) is 9.90 Å². The van der Waals surface area contributed by atoms with Crippen molar-refractivity contribution in [3.8, 4) is 27.7 Å². The van der Waals surface area contributed by atoms with Crippen LogP contribution < -0.4 is 25.4 Å². The summed E-state index contributed by atoms with van der Waals surface area (Å²) < 4.78 is 33.3. The molecule has 0 unspecified atom stereocenters. The van der Waals surface area contributed by atoms with Crippen molar-refractivity contribution in [1.29, 1.82) is 0 Å². The number of hydrogen-bond acceptors (Lipinski definition) is 11. The van der Waals surface area contributed by atoms with Crippen molar-refractivity contribution in [2.75, 3.05) is 13.7 Å². The molecule has 2 aromatic heterocycles. The van der Waals surface area contributed by atoms with E-state index < -0.39 is 68.6 Å². The van der Waals surface area contributed by atoms with Gasteiger partial charge in [0.15, 0.2) is 0 Å². The van der Waals surface area contributed by atoms with Crippen molar-refractivity contribution in [2.45, 2.75) is 106 Å². The van der Waals surface area contributed by atoms with Gasteiger partial charge in [0.1, 0.15) is 39.8 Å². The average Bonchev–Trinajstić information content (AvgIpc) is 4.13. The molecule has 5 amide bonds. The zero-order valence-corrected chi connectivity index (χ0v) is 32.1. The van der Waals surface area contributed by atoms with Crippen LogP contribution in [0, 0.1) is 5.92 Å². The number of fused-ring (bicyclic) bond motifs is 2. The largest absolute Gasteiger partial charge is 0.497 e. The molecule has 5 atom stereocenters. The molecule has 4 N–H and O–H groups in total. The number of allylic oxidation sites excluding steroid dienone is 1. The van der Waals surface area contributed by atoms with Gasteiger partial charge >= 0.3 is 6.03 Å². The van der Waals surface area contributed by atoms with Crippen LogP contribution >= 0.6 is 11.3 Å². The van der Waals surface area contributed by atoms with Crippen molar-refractivity contribution in [1.82, 2.24) is 45.6 Å². The summed E-state index contributed by atoms with van der Waals surface area (Å²) in [6, 6.07) is 4.48. The lowest BCUT2D eigenvalue weighted by Gasteiger charge is -2.30. The van der Waals surface area contributed by atoms with Gasteiger partial charge in [-0.3, -0.25) is 19.1 Å². The Bertz CT molecular complexity index is 2080. The third-order valence-corrected chi connectivity index (χ3v) is 13.6. The molecule has 55 heavy (non-hydrogen) atoms. The quantitative estimate of drug-likeness (QED) is 0.233. The van der Waals surface area contributed by atoms with E-state index in [4.69, 9.17) is 14.9 Å². The number of aromatic nitrogens is 4. The maximum atomic E-state index is 14.6. The minimum atomic E-state index is -3.89. The van der Waals surface area contributed by atoms with Crippen molar-refractivity contribution in [2.24, 2.45) is 5.92 Å². The van der Waals surface area contributed by atoms with Crippen LogP contribution in [0.4, 0.5) is 4.79 Å². The van der Waals surface area contributed by atoms with Crippen LogP contribution in [-0.2, 0) is 24.4 Å². The highest BCUT2D eigenvalue weighted by atomic mass is 32.2. The second-order valence-electron chi connectivity index (χ2n) is 15.1. The lowest BCUT2D eigenvalue weighted by atomic mass is 10.0. The predicted octanol–water partition coefficient (Wildman–Crippen LogP) is 3.05. The number of carbonyl (C=O) groups is 4. The molecule has 16 nitrogen and oxygen atoms in total. The Kier molecular flexibility index (Phi) is 10.1. The van der Waals surface area contributed by atoms with E-state index >= 15 is 0 Å². The number of benzene rings is 1. The number of thiazole rings is 1. The number of nitrogens with one attached hydrogen (secondary N) is 4. The molecular formula is C37H45N9O7S2. The molecule has 18 heteroatoms.